The molecule has 2 aliphatic heterocycles. The van der Waals surface area contributed by atoms with Crippen LogP contribution in [0.5, 0.6) is 0 Å². The molecule has 0 amide bonds. The van der Waals surface area contributed by atoms with Crippen LogP contribution in [0.1, 0.15) is 25.7 Å². The van der Waals surface area contributed by atoms with Gasteiger partial charge < -0.3 is 10.6 Å². The summed E-state index contributed by atoms with van der Waals surface area (Å²) in [6.45, 7) is 3.53. The fourth-order valence-electron chi connectivity index (χ4n) is 2.68. The standard InChI is InChI=1S/C11H23N3O2S/c1-17(15,16)14-8-4-11(5-9-14)13-10-2-6-12-7-3-10/h10-13H,2-9H2,1H3. The first-order chi connectivity index (χ1) is 8.05. The van der Waals surface area contributed by atoms with Crippen LogP contribution in [0.15, 0.2) is 0 Å². The Bertz CT molecular complexity index is 331. The molecule has 0 unspecified atom stereocenters. The minimum Gasteiger partial charge on any atom is -0.317 e. The zero-order valence-electron chi connectivity index (χ0n) is 10.5. The van der Waals surface area contributed by atoms with Crippen LogP contribution in [-0.2, 0) is 10.0 Å². The molecule has 0 aliphatic carbocycles. The van der Waals surface area contributed by atoms with Crippen molar-refractivity contribution in [1.29, 1.82) is 0 Å². The molecule has 100 valence electrons. The van der Waals surface area contributed by atoms with E-state index in [0.29, 0.717) is 25.2 Å². The summed E-state index contributed by atoms with van der Waals surface area (Å²) in [6.07, 6.45) is 5.56. The van der Waals surface area contributed by atoms with E-state index in [0.717, 1.165) is 25.9 Å². The monoisotopic (exact) mass is 261 g/mol. The first-order valence-electron chi connectivity index (χ1n) is 6.47. The molecule has 6 heteroatoms. The van der Waals surface area contributed by atoms with Gasteiger partial charge in [-0.05, 0) is 38.8 Å². The Balaban J connectivity index is 1.75. The van der Waals surface area contributed by atoms with Gasteiger partial charge in [0.2, 0.25) is 10.0 Å². The second-order valence-electron chi connectivity index (χ2n) is 5.13. The highest BCUT2D eigenvalue weighted by atomic mass is 32.2. The van der Waals surface area contributed by atoms with Gasteiger partial charge in [0.25, 0.3) is 0 Å². The summed E-state index contributed by atoms with van der Waals surface area (Å²) >= 11 is 0. The summed E-state index contributed by atoms with van der Waals surface area (Å²) in [4.78, 5) is 0. The highest BCUT2D eigenvalue weighted by molar-refractivity contribution is 7.88. The van der Waals surface area contributed by atoms with Crippen molar-refractivity contribution in [2.45, 2.75) is 37.8 Å². The molecule has 0 aromatic carbocycles. The quantitative estimate of drug-likeness (QED) is 0.735. The molecule has 2 fully saturated rings. The lowest BCUT2D eigenvalue weighted by Gasteiger charge is -2.34. The maximum Gasteiger partial charge on any atom is 0.211 e. The fourth-order valence-corrected chi connectivity index (χ4v) is 3.55. The van der Waals surface area contributed by atoms with Crippen LogP contribution in [-0.4, -0.2) is 57.2 Å². The van der Waals surface area contributed by atoms with Crippen molar-refractivity contribution >= 4 is 10.0 Å². The van der Waals surface area contributed by atoms with Gasteiger partial charge in [-0.1, -0.05) is 0 Å². The van der Waals surface area contributed by atoms with Gasteiger partial charge in [0, 0.05) is 25.2 Å². The molecule has 0 aromatic heterocycles. The maximum atomic E-state index is 11.4. The number of hydrogen-bond donors (Lipinski definition) is 2. The number of hydrogen-bond acceptors (Lipinski definition) is 4. The van der Waals surface area contributed by atoms with E-state index < -0.39 is 10.0 Å². The van der Waals surface area contributed by atoms with Crippen molar-refractivity contribution in [1.82, 2.24) is 14.9 Å². The van der Waals surface area contributed by atoms with Crippen molar-refractivity contribution in [3.63, 3.8) is 0 Å². The van der Waals surface area contributed by atoms with Crippen LogP contribution in [0.3, 0.4) is 0 Å². The van der Waals surface area contributed by atoms with Gasteiger partial charge >= 0.3 is 0 Å². The largest absolute Gasteiger partial charge is 0.317 e. The Morgan fingerprint density at radius 3 is 2.12 bits per heavy atom. The summed E-state index contributed by atoms with van der Waals surface area (Å²) in [5.74, 6) is 0. The van der Waals surface area contributed by atoms with Crippen LogP contribution in [0.25, 0.3) is 0 Å². The Morgan fingerprint density at radius 2 is 1.59 bits per heavy atom. The summed E-state index contributed by atoms with van der Waals surface area (Å²) in [5.41, 5.74) is 0. The Morgan fingerprint density at radius 1 is 1.06 bits per heavy atom. The summed E-state index contributed by atoms with van der Waals surface area (Å²) < 4.78 is 24.4. The van der Waals surface area contributed by atoms with Crippen molar-refractivity contribution < 1.29 is 8.42 Å². The van der Waals surface area contributed by atoms with E-state index in [4.69, 9.17) is 0 Å². The first kappa shape index (κ1) is 13.3. The van der Waals surface area contributed by atoms with Crippen LogP contribution in [0, 0.1) is 0 Å². The molecule has 0 spiro atoms. The highest BCUT2D eigenvalue weighted by Crippen LogP contribution is 2.15. The van der Waals surface area contributed by atoms with Gasteiger partial charge in [-0.25, -0.2) is 12.7 Å². The number of nitrogens with one attached hydrogen (secondary N) is 2. The van der Waals surface area contributed by atoms with Crippen molar-refractivity contribution in [2.75, 3.05) is 32.4 Å². The lowest BCUT2D eigenvalue weighted by atomic mass is 10.0. The molecule has 0 radical (unpaired) electrons. The van der Waals surface area contributed by atoms with Crippen molar-refractivity contribution in [3.8, 4) is 0 Å². The Hall–Kier alpha value is -0.170. The van der Waals surface area contributed by atoms with E-state index >= 15 is 0 Å². The zero-order valence-corrected chi connectivity index (χ0v) is 11.3. The number of nitrogens with zero attached hydrogens (tertiary/aromatic N) is 1. The van der Waals surface area contributed by atoms with Crippen LogP contribution in [0.2, 0.25) is 0 Å². The predicted octanol–water partition coefficient (Wildman–Crippen LogP) is -0.248. The van der Waals surface area contributed by atoms with E-state index in [1.807, 2.05) is 0 Å². The van der Waals surface area contributed by atoms with Gasteiger partial charge in [-0.3, -0.25) is 0 Å². The van der Waals surface area contributed by atoms with E-state index in [9.17, 15) is 8.42 Å². The van der Waals surface area contributed by atoms with Gasteiger partial charge in [0.15, 0.2) is 0 Å². The highest BCUT2D eigenvalue weighted by Gasteiger charge is 2.26. The average molecular weight is 261 g/mol. The molecular weight excluding hydrogens is 238 g/mol. The molecule has 2 aliphatic rings. The molecule has 0 aromatic rings. The molecule has 17 heavy (non-hydrogen) atoms. The molecular formula is C11H23N3O2S. The van der Waals surface area contributed by atoms with Crippen LogP contribution >= 0.6 is 0 Å². The molecule has 2 rings (SSSR count). The van der Waals surface area contributed by atoms with Gasteiger partial charge in [-0.15, -0.1) is 0 Å². The third-order valence-corrected chi connectivity index (χ3v) is 5.04. The summed E-state index contributed by atoms with van der Waals surface area (Å²) in [6, 6.07) is 1.11. The second-order valence-corrected chi connectivity index (χ2v) is 7.11. The maximum absolute atomic E-state index is 11.4. The van der Waals surface area contributed by atoms with Crippen LogP contribution < -0.4 is 10.6 Å². The van der Waals surface area contributed by atoms with Gasteiger partial charge in [0.05, 0.1) is 6.26 Å². The molecule has 0 atom stereocenters. The Labute approximate surface area is 104 Å². The lowest BCUT2D eigenvalue weighted by Crippen LogP contribution is -2.49. The Kier molecular flexibility index (Phi) is 4.41. The van der Waals surface area contributed by atoms with E-state index in [1.165, 1.54) is 19.1 Å². The smallest absolute Gasteiger partial charge is 0.211 e. The van der Waals surface area contributed by atoms with Crippen molar-refractivity contribution in [3.05, 3.63) is 0 Å². The fraction of sp³-hybridized carbons (Fsp3) is 1.00. The topological polar surface area (TPSA) is 61.4 Å². The molecule has 5 nitrogen and oxygen atoms in total. The van der Waals surface area contributed by atoms with E-state index in [1.54, 1.807) is 4.31 Å². The first-order valence-corrected chi connectivity index (χ1v) is 8.32. The zero-order chi connectivity index (χ0) is 12.3. The van der Waals surface area contributed by atoms with Gasteiger partial charge in [0.1, 0.15) is 0 Å². The molecule has 0 saturated carbocycles. The normalized spacial score (nSPS) is 26.2. The summed E-state index contributed by atoms with van der Waals surface area (Å²) in [7, 11) is -2.99. The van der Waals surface area contributed by atoms with Crippen molar-refractivity contribution in [2.24, 2.45) is 0 Å². The lowest BCUT2D eigenvalue weighted by molar-refractivity contribution is 0.257. The molecule has 2 heterocycles. The average Bonchev–Trinajstić information content (AvgIpc) is 2.30. The molecule has 2 N–H and O–H groups in total. The predicted molar refractivity (Wildman–Crippen MR) is 68.5 cm³/mol. The summed E-state index contributed by atoms with van der Waals surface area (Å²) in [5, 5.41) is 7.02. The number of rotatable bonds is 3. The third kappa shape index (κ3) is 3.91. The molecule has 0 bridgehead atoms. The van der Waals surface area contributed by atoms with Crippen LogP contribution in [0.4, 0.5) is 0 Å². The second kappa shape index (κ2) is 5.65. The third-order valence-electron chi connectivity index (χ3n) is 3.73. The van der Waals surface area contributed by atoms with Gasteiger partial charge in [-0.2, -0.15) is 0 Å². The SMILES string of the molecule is CS(=O)(=O)N1CCC(NC2CCNCC2)CC1. The minimum atomic E-state index is -2.99. The van der Waals surface area contributed by atoms with E-state index in [2.05, 4.69) is 10.6 Å². The number of sulfonamides is 1. The number of piperidine rings is 2. The van der Waals surface area contributed by atoms with E-state index in [-0.39, 0.29) is 0 Å². The minimum absolute atomic E-state index is 0.496. The molecule has 2 saturated heterocycles.